The fraction of sp³-hybridized carbons (Fsp3) is 0.500. The molecule has 0 aliphatic rings. The molecule has 0 atom stereocenters. The van der Waals surface area contributed by atoms with E-state index < -0.39 is 17.6 Å². The molecule has 0 saturated carbocycles. The smallest absolute Gasteiger partial charge is 0.412 e. The normalized spacial score (nSPS) is 11.2. The van der Waals surface area contributed by atoms with E-state index in [1.165, 1.54) is 11.3 Å². The summed E-state index contributed by atoms with van der Waals surface area (Å²) in [6, 6.07) is 3.27. The Morgan fingerprint density at radius 3 is 2.31 bits per heavy atom. The van der Waals surface area contributed by atoms with Gasteiger partial charge in [-0.25, -0.2) is 9.59 Å². The van der Waals surface area contributed by atoms with Gasteiger partial charge in [0.2, 0.25) is 0 Å². The summed E-state index contributed by atoms with van der Waals surface area (Å²) >= 11 is 1.34. The Morgan fingerprint density at radius 1 is 1.06 bits per heavy atom. The average molecular weight is 505 g/mol. The van der Waals surface area contributed by atoms with Crippen LogP contribution in [0.15, 0.2) is 29.1 Å². The van der Waals surface area contributed by atoms with Crippen molar-refractivity contribution in [2.24, 2.45) is 0 Å². The molecule has 2 rings (SSSR count). The van der Waals surface area contributed by atoms with Crippen LogP contribution in [0.25, 0.3) is 0 Å². The number of nitrogens with one attached hydrogen (secondary N) is 3. The molecule has 0 aromatic carbocycles. The maximum atomic E-state index is 12.7. The van der Waals surface area contributed by atoms with Crippen LogP contribution in [0, 0.1) is 0 Å². The van der Waals surface area contributed by atoms with Crippen LogP contribution >= 0.6 is 11.3 Å². The Bertz CT molecular complexity index is 985. The van der Waals surface area contributed by atoms with Crippen molar-refractivity contribution in [3.05, 3.63) is 40.3 Å². The molecule has 2 aromatic rings. The highest BCUT2D eigenvalue weighted by molar-refractivity contribution is 7.09. The van der Waals surface area contributed by atoms with Crippen molar-refractivity contribution in [2.45, 2.75) is 46.3 Å². The number of ether oxygens (including phenoxy) is 1. The van der Waals surface area contributed by atoms with Crippen molar-refractivity contribution >= 4 is 40.7 Å². The van der Waals surface area contributed by atoms with Crippen molar-refractivity contribution in [1.29, 1.82) is 0 Å². The van der Waals surface area contributed by atoms with E-state index in [2.05, 4.69) is 20.9 Å². The van der Waals surface area contributed by atoms with Crippen LogP contribution in [0.2, 0.25) is 0 Å². The Labute approximate surface area is 211 Å². The number of pyridine rings is 1. The van der Waals surface area contributed by atoms with Gasteiger partial charge in [0.15, 0.2) is 0 Å². The number of carbonyl (C=O) groups excluding carboxylic acids is 3. The molecule has 35 heavy (non-hydrogen) atoms. The average Bonchev–Trinajstić information content (AvgIpc) is 3.19. The summed E-state index contributed by atoms with van der Waals surface area (Å²) in [5.74, 6) is -0.410. The summed E-state index contributed by atoms with van der Waals surface area (Å²) in [5, 5.41) is 11.8. The number of amides is 4. The van der Waals surface area contributed by atoms with Gasteiger partial charge in [0.05, 0.1) is 11.4 Å². The molecule has 0 aliphatic heterocycles. The van der Waals surface area contributed by atoms with Gasteiger partial charge in [0.1, 0.15) is 11.3 Å². The van der Waals surface area contributed by atoms with E-state index in [0.717, 1.165) is 18.5 Å². The van der Waals surface area contributed by atoms with Crippen LogP contribution in [-0.4, -0.2) is 72.1 Å². The SMILES string of the molecule is CCCNC(=O)N(CCN(C)C)Cc1ccc(C(=O)Nc2cscc2NC(=O)OC(C)(C)C)nc1. The maximum Gasteiger partial charge on any atom is 0.412 e. The molecular formula is C24H36N6O4S. The van der Waals surface area contributed by atoms with E-state index >= 15 is 0 Å². The monoisotopic (exact) mass is 504 g/mol. The second-order valence-electron chi connectivity index (χ2n) is 9.29. The van der Waals surface area contributed by atoms with Crippen LogP contribution < -0.4 is 16.0 Å². The quantitative estimate of drug-likeness (QED) is 0.446. The second-order valence-corrected chi connectivity index (χ2v) is 10.0. The number of hydrogen-bond acceptors (Lipinski definition) is 7. The number of urea groups is 1. The van der Waals surface area contributed by atoms with Crippen LogP contribution in [0.3, 0.4) is 0 Å². The number of nitrogens with zero attached hydrogens (tertiary/aromatic N) is 3. The van der Waals surface area contributed by atoms with Crippen molar-refractivity contribution in [3.8, 4) is 0 Å². The first-order valence-corrected chi connectivity index (χ1v) is 12.4. The summed E-state index contributed by atoms with van der Waals surface area (Å²) in [4.78, 5) is 45.3. The van der Waals surface area contributed by atoms with Crippen molar-refractivity contribution in [3.63, 3.8) is 0 Å². The first-order valence-electron chi connectivity index (χ1n) is 11.5. The standard InChI is InChI=1S/C24H36N6O4S/c1-7-10-25-22(32)30(12-11-29(5)6)14-17-8-9-18(26-13-17)21(31)27-19-15-35-16-20(19)28-23(33)34-24(2,3)4/h8-9,13,15-16H,7,10-12,14H2,1-6H3,(H,25,32)(H,27,31)(H,28,33). The zero-order chi connectivity index (χ0) is 26.0. The third-order valence-electron chi connectivity index (χ3n) is 4.61. The molecule has 3 N–H and O–H groups in total. The second kappa shape index (κ2) is 13.1. The Balaban J connectivity index is 2.02. The molecule has 0 saturated heterocycles. The molecule has 2 aromatic heterocycles. The number of thiophene rings is 1. The number of hydrogen-bond donors (Lipinski definition) is 3. The van der Waals surface area contributed by atoms with Gasteiger partial charge in [-0.15, -0.1) is 11.3 Å². The van der Waals surface area contributed by atoms with Crippen LogP contribution in [0.5, 0.6) is 0 Å². The highest BCUT2D eigenvalue weighted by Gasteiger charge is 2.19. The predicted octanol–water partition coefficient (Wildman–Crippen LogP) is 4.23. The molecule has 0 aliphatic carbocycles. The van der Waals surface area contributed by atoms with Crippen LogP contribution in [0.4, 0.5) is 21.0 Å². The van der Waals surface area contributed by atoms with Gasteiger partial charge >= 0.3 is 12.1 Å². The first kappa shape index (κ1) is 28.1. The zero-order valence-electron chi connectivity index (χ0n) is 21.3. The minimum atomic E-state index is -0.631. The highest BCUT2D eigenvalue weighted by atomic mass is 32.1. The first-order chi connectivity index (χ1) is 16.5. The third-order valence-corrected chi connectivity index (χ3v) is 5.35. The largest absolute Gasteiger partial charge is 0.444 e. The van der Waals surface area contributed by atoms with E-state index in [-0.39, 0.29) is 11.7 Å². The topological polar surface area (TPSA) is 116 Å². The van der Waals surface area contributed by atoms with Crippen LogP contribution in [0.1, 0.15) is 50.2 Å². The Morgan fingerprint density at radius 2 is 1.74 bits per heavy atom. The van der Waals surface area contributed by atoms with E-state index in [1.807, 2.05) is 25.9 Å². The van der Waals surface area contributed by atoms with Gasteiger partial charge in [0.25, 0.3) is 5.91 Å². The fourth-order valence-electron chi connectivity index (χ4n) is 2.88. The Hall–Kier alpha value is -3.18. The lowest BCUT2D eigenvalue weighted by Crippen LogP contribution is -2.42. The number of likely N-dealkylation sites (N-methyl/N-ethyl adjacent to an activating group) is 1. The lowest BCUT2D eigenvalue weighted by atomic mass is 10.2. The molecule has 11 heteroatoms. The molecule has 0 bridgehead atoms. The highest BCUT2D eigenvalue weighted by Crippen LogP contribution is 2.27. The fourth-order valence-corrected chi connectivity index (χ4v) is 3.59. The van der Waals surface area contributed by atoms with Crippen molar-refractivity contribution in [1.82, 2.24) is 20.1 Å². The number of rotatable bonds is 10. The van der Waals surface area contributed by atoms with Crippen LogP contribution in [-0.2, 0) is 11.3 Å². The van der Waals surface area contributed by atoms with E-state index in [4.69, 9.17) is 4.74 Å². The summed E-state index contributed by atoms with van der Waals surface area (Å²) in [6.07, 6.45) is 1.85. The minimum Gasteiger partial charge on any atom is -0.444 e. The summed E-state index contributed by atoms with van der Waals surface area (Å²) in [6.45, 7) is 9.62. The molecule has 4 amide bonds. The summed E-state index contributed by atoms with van der Waals surface area (Å²) < 4.78 is 5.26. The molecule has 0 fully saturated rings. The van der Waals surface area contributed by atoms with Crippen molar-refractivity contribution < 1.29 is 19.1 Å². The molecule has 192 valence electrons. The zero-order valence-corrected chi connectivity index (χ0v) is 22.1. The maximum absolute atomic E-state index is 12.7. The lowest BCUT2D eigenvalue weighted by molar-refractivity contribution is 0.0635. The van der Waals surface area contributed by atoms with Gasteiger partial charge in [-0.3, -0.25) is 15.1 Å². The van der Waals surface area contributed by atoms with E-state index in [1.54, 1.807) is 54.8 Å². The van der Waals surface area contributed by atoms with E-state index in [0.29, 0.717) is 31.0 Å². The predicted molar refractivity (Wildman–Crippen MR) is 139 cm³/mol. The number of anilines is 2. The van der Waals surface area contributed by atoms with Gasteiger partial charge in [-0.1, -0.05) is 13.0 Å². The molecule has 0 unspecified atom stereocenters. The molecule has 2 heterocycles. The van der Waals surface area contributed by atoms with Gasteiger partial charge in [-0.05, 0) is 52.9 Å². The Kier molecular flexibility index (Phi) is 10.5. The molecule has 10 nitrogen and oxygen atoms in total. The number of aromatic nitrogens is 1. The molecule has 0 radical (unpaired) electrons. The van der Waals surface area contributed by atoms with Gasteiger partial charge < -0.3 is 25.2 Å². The summed E-state index contributed by atoms with van der Waals surface area (Å²) in [7, 11) is 3.91. The molecular weight excluding hydrogens is 468 g/mol. The van der Waals surface area contributed by atoms with Crippen molar-refractivity contribution in [2.75, 3.05) is 44.4 Å². The lowest BCUT2D eigenvalue weighted by Gasteiger charge is -2.24. The molecule has 0 spiro atoms. The summed E-state index contributed by atoms with van der Waals surface area (Å²) in [5.41, 5.74) is 1.31. The van der Waals surface area contributed by atoms with E-state index in [9.17, 15) is 14.4 Å². The van der Waals surface area contributed by atoms with Gasteiger partial charge in [-0.2, -0.15) is 0 Å². The third kappa shape index (κ3) is 9.91. The number of carbonyl (C=O) groups is 3. The minimum absolute atomic E-state index is 0.127. The van der Waals surface area contributed by atoms with Gasteiger partial charge in [0, 0.05) is 43.1 Å².